The molecule has 0 heterocycles. The number of benzene rings is 2. The van der Waals surface area contributed by atoms with E-state index < -0.39 is 17.8 Å². The molecule has 112 valence electrons. The molecule has 0 saturated heterocycles. The Labute approximate surface area is 130 Å². The molecule has 0 amide bonds. The lowest BCUT2D eigenvalue weighted by molar-refractivity contribution is -0.0504. The van der Waals surface area contributed by atoms with Gasteiger partial charge in [0.1, 0.15) is 11.6 Å². The lowest BCUT2D eigenvalue weighted by atomic mass is 10.0. The zero-order valence-electron chi connectivity index (χ0n) is 10.9. The molecule has 1 unspecified atom stereocenters. The fourth-order valence-electron chi connectivity index (χ4n) is 1.93. The summed E-state index contributed by atoms with van der Waals surface area (Å²) in [7, 11) is 0. The van der Waals surface area contributed by atoms with E-state index in [2.05, 4.69) is 4.74 Å². The summed E-state index contributed by atoms with van der Waals surface area (Å²) in [4.78, 5) is 0. The van der Waals surface area contributed by atoms with Gasteiger partial charge in [0, 0.05) is 10.6 Å². The minimum absolute atomic E-state index is 0.0365. The second-order valence-corrected chi connectivity index (χ2v) is 5.25. The number of rotatable bonds is 4. The summed E-state index contributed by atoms with van der Waals surface area (Å²) in [6.45, 7) is -1.39. The van der Waals surface area contributed by atoms with Crippen LogP contribution >= 0.6 is 23.2 Å². The molecule has 0 fully saturated rings. The summed E-state index contributed by atoms with van der Waals surface area (Å²) >= 11 is 12.3. The number of para-hydroxylation sites is 1. The lowest BCUT2D eigenvalue weighted by Crippen LogP contribution is -2.06. The van der Waals surface area contributed by atoms with Gasteiger partial charge in [-0.1, -0.05) is 29.8 Å². The molecule has 0 aromatic heterocycles. The first-order valence-electron chi connectivity index (χ1n) is 6.03. The van der Waals surface area contributed by atoms with Crippen molar-refractivity contribution in [3.63, 3.8) is 0 Å². The summed E-state index contributed by atoms with van der Waals surface area (Å²) in [5.41, 5.74) is 1.14. The van der Waals surface area contributed by atoms with Crippen LogP contribution in [0.25, 0.3) is 0 Å². The molecule has 1 atom stereocenters. The maximum atomic E-state index is 13.4. The van der Waals surface area contributed by atoms with Gasteiger partial charge < -0.3 is 4.74 Å². The largest absolute Gasteiger partial charge is 0.434 e. The van der Waals surface area contributed by atoms with Crippen LogP contribution in [0, 0.1) is 12.7 Å². The molecule has 0 aliphatic rings. The Bertz CT molecular complexity index is 647. The Morgan fingerprint density at radius 2 is 1.76 bits per heavy atom. The van der Waals surface area contributed by atoms with Crippen molar-refractivity contribution in [3.05, 3.63) is 63.9 Å². The molecule has 0 spiro atoms. The Morgan fingerprint density at radius 1 is 1.10 bits per heavy atom. The molecule has 6 heteroatoms. The third-order valence-electron chi connectivity index (χ3n) is 2.96. The molecule has 2 aromatic carbocycles. The molecule has 0 bridgehead atoms. The highest BCUT2D eigenvalue weighted by Gasteiger charge is 2.21. The first kappa shape index (κ1) is 16.0. The highest BCUT2D eigenvalue weighted by Crippen LogP contribution is 2.39. The van der Waals surface area contributed by atoms with Gasteiger partial charge in [0.15, 0.2) is 0 Å². The van der Waals surface area contributed by atoms with Crippen molar-refractivity contribution in [1.29, 1.82) is 0 Å². The molecule has 0 radical (unpaired) electrons. The van der Waals surface area contributed by atoms with Crippen molar-refractivity contribution in [1.82, 2.24) is 0 Å². The third-order valence-corrected chi connectivity index (χ3v) is 3.76. The second-order valence-electron chi connectivity index (χ2n) is 4.40. The first-order chi connectivity index (χ1) is 9.90. The molecule has 0 N–H and O–H groups in total. The summed E-state index contributed by atoms with van der Waals surface area (Å²) < 4.78 is 42.7. The maximum Gasteiger partial charge on any atom is 0.387 e. The minimum Gasteiger partial charge on any atom is -0.434 e. The molecule has 0 saturated carbocycles. The number of hydrogen-bond acceptors (Lipinski definition) is 1. The van der Waals surface area contributed by atoms with Crippen LogP contribution in [0.3, 0.4) is 0 Å². The van der Waals surface area contributed by atoms with Crippen LogP contribution in [0.2, 0.25) is 5.02 Å². The summed E-state index contributed by atoms with van der Waals surface area (Å²) in [6.07, 6.45) is 0. The van der Waals surface area contributed by atoms with Crippen molar-refractivity contribution in [3.8, 4) is 5.75 Å². The van der Waals surface area contributed by atoms with E-state index in [0.29, 0.717) is 16.7 Å². The van der Waals surface area contributed by atoms with E-state index in [1.54, 1.807) is 25.1 Å². The summed E-state index contributed by atoms with van der Waals surface area (Å²) in [6, 6.07) is 8.80. The first-order valence-corrected chi connectivity index (χ1v) is 6.85. The SMILES string of the molecule is Cc1cc(C(Cl)c2ccccc2OC(F)F)c(Cl)cc1F. The van der Waals surface area contributed by atoms with E-state index in [9.17, 15) is 13.2 Å². The highest BCUT2D eigenvalue weighted by atomic mass is 35.5. The van der Waals surface area contributed by atoms with Gasteiger partial charge in [-0.15, -0.1) is 11.6 Å². The van der Waals surface area contributed by atoms with Crippen molar-refractivity contribution in [2.45, 2.75) is 18.9 Å². The second kappa shape index (κ2) is 6.58. The van der Waals surface area contributed by atoms with E-state index >= 15 is 0 Å². The predicted octanol–water partition coefficient (Wildman–Crippen LogP) is 5.72. The van der Waals surface area contributed by atoms with Crippen LogP contribution in [0.1, 0.15) is 22.1 Å². The van der Waals surface area contributed by atoms with Gasteiger partial charge in [-0.3, -0.25) is 0 Å². The van der Waals surface area contributed by atoms with Gasteiger partial charge in [0.05, 0.1) is 5.38 Å². The lowest BCUT2D eigenvalue weighted by Gasteiger charge is -2.17. The molecule has 2 aromatic rings. The molecule has 21 heavy (non-hydrogen) atoms. The van der Waals surface area contributed by atoms with Gasteiger partial charge >= 0.3 is 6.61 Å². The van der Waals surface area contributed by atoms with E-state index in [1.165, 1.54) is 12.1 Å². The molecule has 0 aliphatic carbocycles. The van der Waals surface area contributed by atoms with Gasteiger partial charge in [-0.2, -0.15) is 8.78 Å². The number of aryl methyl sites for hydroxylation is 1. The van der Waals surface area contributed by atoms with Gasteiger partial charge in [0.2, 0.25) is 0 Å². The van der Waals surface area contributed by atoms with Crippen LogP contribution in [-0.2, 0) is 0 Å². The molecular formula is C15H11Cl2F3O. The zero-order valence-corrected chi connectivity index (χ0v) is 12.4. The quantitative estimate of drug-likeness (QED) is 0.650. The Hall–Kier alpha value is -1.39. The van der Waals surface area contributed by atoms with E-state index in [0.717, 1.165) is 6.07 Å². The Balaban J connectivity index is 2.45. The normalized spacial score (nSPS) is 12.5. The monoisotopic (exact) mass is 334 g/mol. The van der Waals surface area contributed by atoms with E-state index in [1.807, 2.05) is 0 Å². The number of hydrogen-bond donors (Lipinski definition) is 0. The fourth-order valence-corrected chi connectivity index (χ4v) is 2.61. The maximum absolute atomic E-state index is 13.4. The average Bonchev–Trinajstić information content (AvgIpc) is 2.42. The van der Waals surface area contributed by atoms with Crippen molar-refractivity contribution >= 4 is 23.2 Å². The Morgan fingerprint density at radius 3 is 2.43 bits per heavy atom. The highest BCUT2D eigenvalue weighted by molar-refractivity contribution is 6.33. The standard InChI is InChI=1S/C15H11Cl2F3O/c1-8-6-10(11(16)7-12(8)18)14(17)9-4-2-3-5-13(9)21-15(19)20/h2-7,14-15H,1H3. The fraction of sp³-hybridized carbons (Fsp3) is 0.200. The van der Waals surface area contributed by atoms with Gasteiger partial charge in [-0.25, -0.2) is 4.39 Å². The van der Waals surface area contributed by atoms with Crippen LogP contribution in [0.4, 0.5) is 13.2 Å². The van der Waals surface area contributed by atoms with E-state index in [4.69, 9.17) is 23.2 Å². The summed E-state index contributed by atoms with van der Waals surface area (Å²) in [5.74, 6) is -0.490. The molecule has 0 aliphatic heterocycles. The minimum atomic E-state index is -2.96. The van der Waals surface area contributed by atoms with Crippen molar-refractivity contribution < 1.29 is 17.9 Å². The van der Waals surface area contributed by atoms with Crippen LogP contribution in [0.15, 0.2) is 36.4 Å². The van der Waals surface area contributed by atoms with Crippen molar-refractivity contribution in [2.24, 2.45) is 0 Å². The van der Waals surface area contributed by atoms with E-state index in [-0.39, 0.29) is 10.8 Å². The molecule has 1 nitrogen and oxygen atoms in total. The third kappa shape index (κ3) is 3.63. The smallest absolute Gasteiger partial charge is 0.387 e. The predicted molar refractivity (Wildman–Crippen MR) is 76.9 cm³/mol. The average molecular weight is 335 g/mol. The van der Waals surface area contributed by atoms with Crippen LogP contribution in [0.5, 0.6) is 5.75 Å². The number of halogens is 5. The van der Waals surface area contributed by atoms with Gasteiger partial charge in [0.25, 0.3) is 0 Å². The zero-order chi connectivity index (χ0) is 15.6. The molecule has 2 rings (SSSR count). The topological polar surface area (TPSA) is 9.23 Å². The van der Waals surface area contributed by atoms with Gasteiger partial charge in [-0.05, 0) is 36.2 Å². The number of ether oxygens (including phenoxy) is 1. The number of alkyl halides is 3. The molecular weight excluding hydrogens is 324 g/mol. The summed E-state index contributed by atoms with van der Waals surface area (Å²) in [5, 5.41) is -0.697. The Kier molecular flexibility index (Phi) is 5.01. The van der Waals surface area contributed by atoms with Crippen molar-refractivity contribution in [2.75, 3.05) is 0 Å². The van der Waals surface area contributed by atoms with Crippen LogP contribution in [-0.4, -0.2) is 6.61 Å². The van der Waals surface area contributed by atoms with Crippen LogP contribution < -0.4 is 4.74 Å².